The molecule has 0 aromatic rings. The maximum Gasteiger partial charge on any atom is 0.234 e. The molecule has 3 N–H and O–H groups in total. The van der Waals surface area contributed by atoms with Crippen LogP contribution in [0.25, 0.3) is 0 Å². The van der Waals surface area contributed by atoms with Gasteiger partial charge in [-0.2, -0.15) is 0 Å². The number of amides is 1. The normalized spacial score (nSPS) is 20.7. The van der Waals surface area contributed by atoms with Crippen molar-refractivity contribution < 1.29 is 4.79 Å². The first kappa shape index (κ1) is 10.9. The highest BCUT2D eigenvalue weighted by atomic mass is 16.2. The van der Waals surface area contributed by atoms with Crippen LogP contribution in [0.15, 0.2) is 0 Å². The van der Waals surface area contributed by atoms with Gasteiger partial charge in [0, 0.05) is 25.7 Å². The van der Waals surface area contributed by atoms with E-state index in [4.69, 9.17) is 5.73 Å². The minimum Gasteiger partial charge on any atom is -0.355 e. The molecule has 0 aromatic carbocycles. The van der Waals surface area contributed by atoms with Crippen molar-refractivity contribution in [1.82, 2.24) is 10.2 Å². The second-order valence-corrected chi connectivity index (χ2v) is 4.74. The van der Waals surface area contributed by atoms with E-state index in [1.165, 1.54) is 25.7 Å². The maximum atomic E-state index is 11.6. The first-order valence-corrected chi connectivity index (χ1v) is 6.00. The van der Waals surface area contributed by atoms with Gasteiger partial charge in [0.1, 0.15) is 0 Å². The van der Waals surface area contributed by atoms with Gasteiger partial charge in [0.05, 0.1) is 6.54 Å². The standard InChI is InChI=1S/C11H21N3O/c12-5-6-14(10-3-4-10)8-11(15)13-7-9-1-2-9/h9-10H,1-8,12H2,(H,13,15). The van der Waals surface area contributed by atoms with E-state index in [0.717, 1.165) is 19.0 Å². The lowest BCUT2D eigenvalue weighted by Crippen LogP contribution is -2.41. The van der Waals surface area contributed by atoms with E-state index in [-0.39, 0.29) is 5.91 Å². The summed E-state index contributed by atoms with van der Waals surface area (Å²) in [5.41, 5.74) is 5.53. The van der Waals surface area contributed by atoms with Crippen LogP contribution in [-0.4, -0.2) is 43.0 Å². The zero-order valence-corrected chi connectivity index (χ0v) is 9.24. The average Bonchev–Trinajstić information content (AvgIpc) is 3.05. The summed E-state index contributed by atoms with van der Waals surface area (Å²) in [5.74, 6) is 0.931. The molecule has 86 valence electrons. The summed E-state index contributed by atoms with van der Waals surface area (Å²) in [6, 6.07) is 0.625. The Labute approximate surface area is 91.2 Å². The van der Waals surface area contributed by atoms with E-state index in [0.29, 0.717) is 19.1 Å². The predicted octanol–water partition coefficient (Wildman–Crippen LogP) is -0.0643. The van der Waals surface area contributed by atoms with Gasteiger partial charge in [0.15, 0.2) is 0 Å². The van der Waals surface area contributed by atoms with Gasteiger partial charge in [-0.1, -0.05) is 0 Å². The van der Waals surface area contributed by atoms with Gasteiger partial charge in [0.25, 0.3) is 0 Å². The zero-order chi connectivity index (χ0) is 10.7. The highest BCUT2D eigenvalue weighted by Crippen LogP contribution is 2.28. The van der Waals surface area contributed by atoms with Gasteiger partial charge in [-0.15, -0.1) is 0 Å². The Kier molecular flexibility index (Phi) is 3.59. The van der Waals surface area contributed by atoms with Crippen molar-refractivity contribution in [2.45, 2.75) is 31.7 Å². The van der Waals surface area contributed by atoms with Crippen molar-refractivity contribution in [2.24, 2.45) is 11.7 Å². The Morgan fingerprint density at radius 2 is 2.07 bits per heavy atom. The van der Waals surface area contributed by atoms with Crippen molar-refractivity contribution in [1.29, 1.82) is 0 Å². The van der Waals surface area contributed by atoms with Crippen LogP contribution in [0.4, 0.5) is 0 Å². The summed E-state index contributed by atoms with van der Waals surface area (Å²) in [6.45, 7) is 2.91. The van der Waals surface area contributed by atoms with Crippen molar-refractivity contribution >= 4 is 5.91 Å². The summed E-state index contributed by atoms with van der Waals surface area (Å²) in [4.78, 5) is 13.8. The van der Waals surface area contributed by atoms with Gasteiger partial charge >= 0.3 is 0 Å². The van der Waals surface area contributed by atoms with Crippen LogP contribution in [0.1, 0.15) is 25.7 Å². The third kappa shape index (κ3) is 3.80. The fourth-order valence-corrected chi connectivity index (χ4v) is 1.82. The molecule has 0 bridgehead atoms. The fraction of sp³-hybridized carbons (Fsp3) is 0.909. The van der Waals surface area contributed by atoms with Crippen LogP contribution in [0, 0.1) is 5.92 Å². The summed E-state index contributed by atoms with van der Waals surface area (Å²) in [6.07, 6.45) is 5.04. The molecule has 2 fully saturated rings. The molecule has 0 radical (unpaired) electrons. The minimum absolute atomic E-state index is 0.169. The summed E-state index contributed by atoms with van der Waals surface area (Å²) < 4.78 is 0. The number of carbonyl (C=O) groups is 1. The second kappa shape index (κ2) is 4.94. The van der Waals surface area contributed by atoms with Crippen LogP contribution in [0.2, 0.25) is 0 Å². The molecule has 15 heavy (non-hydrogen) atoms. The molecule has 4 nitrogen and oxygen atoms in total. The molecular formula is C11H21N3O. The number of rotatable bonds is 7. The van der Waals surface area contributed by atoms with E-state index in [1.54, 1.807) is 0 Å². The molecule has 4 heteroatoms. The Morgan fingerprint density at radius 3 is 2.60 bits per heavy atom. The summed E-state index contributed by atoms with van der Waals surface area (Å²) in [5, 5.41) is 2.99. The molecule has 0 aliphatic heterocycles. The maximum absolute atomic E-state index is 11.6. The van der Waals surface area contributed by atoms with Crippen LogP contribution >= 0.6 is 0 Å². The van der Waals surface area contributed by atoms with E-state index in [1.807, 2.05) is 0 Å². The highest BCUT2D eigenvalue weighted by molar-refractivity contribution is 5.78. The van der Waals surface area contributed by atoms with Gasteiger partial charge in [-0.3, -0.25) is 9.69 Å². The Morgan fingerprint density at radius 1 is 1.33 bits per heavy atom. The molecule has 2 saturated carbocycles. The largest absolute Gasteiger partial charge is 0.355 e. The lowest BCUT2D eigenvalue weighted by molar-refractivity contribution is -0.122. The van der Waals surface area contributed by atoms with Gasteiger partial charge in [-0.25, -0.2) is 0 Å². The number of hydrogen-bond acceptors (Lipinski definition) is 3. The van der Waals surface area contributed by atoms with Gasteiger partial charge < -0.3 is 11.1 Å². The van der Waals surface area contributed by atoms with Crippen LogP contribution < -0.4 is 11.1 Å². The van der Waals surface area contributed by atoms with E-state index in [9.17, 15) is 4.79 Å². The fourth-order valence-electron chi connectivity index (χ4n) is 1.82. The summed E-state index contributed by atoms with van der Waals surface area (Å²) in [7, 11) is 0. The Bertz CT molecular complexity index is 224. The lowest BCUT2D eigenvalue weighted by Gasteiger charge is -2.20. The molecule has 0 spiro atoms. The SMILES string of the molecule is NCCN(CC(=O)NCC1CC1)C1CC1. The number of nitrogens with zero attached hydrogens (tertiary/aromatic N) is 1. The molecule has 0 saturated heterocycles. The summed E-state index contributed by atoms with van der Waals surface area (Å²) >= 11 is 0. The number of carbonyl (C=O) groups excluding carboxylic acids is 1. The third-order valence-corrected chi connectivity index (χ3v) is 3.11. The first-order chi connectivity index (χ1) is 7.29. The lowest BCUT2D eigenvalue weighted by atomic mass is 10.4. The number of nitrogens with two attached hydrogens (primary N) is 1. The molecule has 2 rings (SSSR count). The Hall–Kier alpha value is -0.610. The molecule has 0 unspecified atom stereocenters. The highest BCUT2D eigenvalue weighted by Gasteiger charge is 2.30. The van der Waals surface area contributed by atoms with Gasteiger partial charge in [-0.05, 0) is 31.6 Å². The predicted molar refractivity (Wildman–Crippen MR) is 59.4 cm³/mol. The van der Waals surface area contributed by atoms with E-state index >= 15 is 0 Å². The molecule has 1 amide bonds. The third-order valence-electron chi connectivity index (χ3n) is 3.11. The quantitative estimate of drug-likeness (QED) is 0.620. The van der Waals surface area contributed by atoms with Gasteiger partial charge in [0.2, 0.25) is 5.91 Å². The van der Waals surface area contributed by atoms with Crippen LogP contribution in [0.5, 0.6) is 0 Å². The van der Waals surface area contributed by atoms with Crippen LogP contribution in [0.3, 0.4) is 0 Å². The first-order valence-electron chi connectivity index (χ1n) is 6.00. The number of nitrogens with one attached hydrogen (secondary N) is 1. The molecule has 2 aliphatic carbocycles. The molecule has 0 atom stereocenters. The average molecular weight is 211 g/mol. The topological polar surface area (TPSA) is 58.4 Å². The Balaban J connectivity index is 1.64. The van der Waals surface area contributed by atoms with Crippen molar-refractivity contribution in [3.8, 4) is 0 Å². The van der Waals surface area contributed by atoms with E-state index in [2.05, 4.69) is 10.2 Å². The molecule has 2 aliphatic rings. The smallest absolute Gasteiger partial charge is 0.234 e. The molecule has 0 heterocycles. The van der Waals surface area contributed by atoms with Crippen molar-refractivity contribution in [3.63, 3.8) is 0 Å². The van der Waals surface area contributed by atoms with Crippen LogP contribution in [-0.2, 0) is 4.79 Å². The zero-order valence-electron chi connectivity index (χ0n) is 9.24. The molecule has 0 aromatic heterocycles. The van der Waals surface area contributed by atoms with E-state index < -0.39 is 0 Å². The molecular weight excluding hydrogens is 190 g/mol. The second-order valence-electron chi connectivity index (χ2n) is 4.74. The van der Waals surface area contributed by atoms with Crippen molar-refractivity contribution in [3.05, 3.63) is 0 Å². The minimum atomic E-state index is 0.169. The number of hydrogen-bond donors (Lipinski definition) is 2. The van der Waals surface area contributed by atoms with Crippen molar-refractivity contribution in [2.75, 3.05) is 26.2 Å². The monoisotopic (exact) mass is 211 g/mol.